The molecule has 0 radical (unpaired) electrons. The first-order valence-electron chi connectivity index (χ1n) is 5.45. The Labute approximate surface area is 116 Å². The molecule has 0 saturated heterocycles. The zero-order valence-corrected chi connectivity index (χ0v) is 11.0. The van der Waals surface area contributed by atoms with Crippen molar-refractivity contribution in [3.8, 4) is 16.2 Å². The topological polar surface area (TPSA) is 46.5 Å². The summed E-state index contributed by atoms with van der Waals surface area (Å²) in [5.74, 6) is -2.19. The van der Waals surface area contributed by atoms with Crippen molar-refractivity contribution >= 4 is 17.3 Å². The van der Waals surface area contributed by atoms with E-state index in [0.717, 1.165) is 16.5 Å². The third-order valence-electron chi connectivity index (χ3n) is 2.45. The normalized spacial score (nSPS) is 11.4. The molecule has 0 spiro atoms. The van der Waals surface area contributed by atoms with E-state index in [9.17, 15) is 18.0 Å². The van der Waals surface area contributed by atoms with Crippen LogP contribution >= 0.6 is 11.3 Å². The van der Waals surface area contributed by atoms with Crippen molar-refractivity contribution in [3.63, 3.8) is 0 Å². The van der Waals surface area contributed by atoms with Crippen LogP contribution < -0.4 is 4.74 Å². The molecule has 20 heavy (non-hydrogen) atoms. The van der Waals surface area contributed by atoms with Crippen molar-refractivity contribution in [2.24, 2.45) is 0 Å². The lowest BCUT2D eigenvalue weighted by atomic mass is 10.1. The molecule has 0 bridgehead atoms. The fourth-order valence-electron chi connectivity index (χ4n) is 1.65. The molecule has 106 valence electrons. The van der Waals surface area contributed by atoms with Gasteiger partial charge in [0.05, 0.1) is 0 Å². The van der Waals surface area contributed by atoms with E-state index in [2.05, 4.69) is 4.74 Å². The predicted molar refractivity (Wildman–Crippen MR) is 68.1 cm³/mol. The zero-order chi connectivity index (χ0) is 14.9. The quantitative estimate of drug-likeness (QED) is 0.918. The first-order chi connectivity index (χ1) is 9.26. The molecule has 0 saturated carbocycles. The molecule has 1 heterocycles. The summed E-state index contributed by atoms with van der Waals surface area (Å²) in [4.78, 5) is 11.8. The second kappa shape index (κ2) is 5.16. The van der Waals surface area contributed by atoms with Gasteiger partial charge < -0.3 is 9.84 Å². The van der Waals surface area contributed by atoms with E-state index in [1.54, 1.807) is 0 Å². The summed E-state index contributed by atoms with van der Waals surface area (Å²) < 4.78 is 40.3. The van der Waals surface area contributed by atoms with E-state index in [0.29, 0.717) is 5.56 Å². The largest absolute Gasteiger partial charge is 0.573 e. The highest BCUT2D eigenvalue weighted by Crippen LogP contribution is 2.33. The van der Waals surface area contributed by atoms with E-state index < -0.39 is 23.6 Å². The molecule has 0 unspecified atom stereocenters. The fourth-order valence-corrected chi connectivity index (χ4v) is 2.54. The zero-order valence-electron chi connectivity index (χ0n) is 10.2. The van der Waals surface area contributed by atoms with E-state index in [1.165, 1.54) is 23.5 Å². The van der Waals surface area contributed by atoms with Crippen molar-refractivity contribution in [2.75, 3.05) is 0 Å². The monoisotopic (exact) mass is 302 g/mol. The molecule has 0 fully saturated rings. The number of thiophene rings is 1. The summed E-state index contributed by atoms with van der Waals surface area (Å²) in [6.45, 7) is 1.87. The number of carboxylic acids is 1. The number of aryl methyl sites for hydroxylation is 1. The SMILES string of the molecule is Cc1csc(-c2ccc(OC(F)(F)F)c(C(=O)O)c2)c1. The fraction of sp³-hybridized carbons (Fsp3) is 0.154. The van der Waals surface area contributed by atoms with Crippen LogP contribution in [-0.2, 0) is 0 Å². The number of benzene rings is 1. The van der Waals surface area contributed by atoms with Gasteiger partial charge in [-0.15, -0.1) is 24.5 Å². The van der Waals surface area contributed by atoms with Crippen LogP contribution in [0.5, 0.6) is 5.75 Å². The number of carbonyl (C=O) groups is 1. The Morgan fingerprint density at radius 2 is 2.00 bits per heavy atom. The lowest BCUT2D eigenvalue weighted by molar-refractivity contribution is -0.274. The molecular formula is C13H9F3O3S. The van der Waals surface area contributed by atoms with Gasteiger partial charge in [-0.3, -0.25) is 0 Å². The molecule has 2 aromatic rings. The number of aromatic carboxylic acids is 1. The van der Waals surface area contributed by atoms with E-state index in [-0.39, 0.29) is 0 Å². The Balaban J connectivity index is 2.45. The summed E-state index contributed by atoms with van der Waals surface area (Å²) in [7, 11) is 0. The van der Waals surface area contributed by atoms with E-state index in [1.807, 2.05) is 18.4 Å². The number of hydrogen-bond acceptors (Lipinski definition) is 3. The Morgan fingerprint density at radius 3 is 2.50 bits per heavy atom. The second-order valence-electron chi connectivity index (χ2n) is 4.05. The van der Waals surface area contributed by atoms with E-state index in [4.69, 9.17) is 5.11 Å². The number of ether oxygens (including phenoxy) is 1. The number of hydrogen-bond donors (Lipinski definition) is 1. The van der Waals surface area contributed by atoms with Crippen molar-refractivity contribution in [1.82, 2.24) is 0 Å². The molecule has 0 aliphatic heterocycles. The lowest BCUT2D eigenvalue weighted by Gasteiger charge is -2.12. The average molecular weight is 302 g/mol. The molecule has 0 aliphatic carbocycles. The van der Waals surface area contributed by atoms with Crippen LogP contribution in [0.3, 0.4) is 0 Å². The van der Waals surface area contributed by atoms with Crippen molar-refractivity contribution in [3.05, 3.63) is 40.8 Å². The smallest absolute Gasteiger partial charge is 0.478 e. The van der Waals surface area contributed by atoms with Gasteiger partial charge in [0.1, 0.15) is 11.3 Å². The third kappa shape index (κ3) is 3.30. The predicted octanol–water partition coefficient (Wildman–Crippen LogP) is 4.32. The Kier molecular flexibility index (Phi) is 3.71. The average Bonchev–Trinajstić information content (AvgIpc) is 2.74. The van der Waals surface area contributed by atoms with Crippen LogP contribution in [0.25, 0.3) is 10.4 Å². The number of carboxylic acid groups (broad SMARTS) is 1. The number of alkyl halides is 3. The van der Waals surface area contributed by atoms with Gasteiger partial charge in [0.15, 0.2) is 0 Å². The first kappa shape index (κ1) is 14.4. The van der Waals surface area contributed by atoms with Gasteiger partial charge in [0.2, 0.25) is 0 Å². The highest BCUT2D eigenvalue weighted by Gasteiger charge is 2.33. The summed E-state index contributed by atoms with van der Waals surface area (Å²) in [6, 6.07) is 5.42. The molecular weight excluding hydrogens is 293 g/mol. The molecule has 3 nitrogen and oxygen atoms in total. The van der Waals surface area contributed by atoms with Crippen molar-refractivity contribution in [2.45, 2.75) is 13.3 Å². The standard InChI is InChI=1S/C13H9F3O3S/c1-7-4-11(20-6-7)8-2-3-10(19-13(14,15)16)9(5-8)12(17)18/h2-6H,1H3,(H,17,18). The maximum Gasteiger partial charge on any atom is 0.573 e. The second-order valence-corrected chi connectivity index (χ2v) is 4.96. The van der Waals surface area contributed by atoms with Gasteiger partial charge in [-0.05, 0) is 47.7 Å². The Bertz CT molecular complexity index is 647. The summed E-state index contributed by atoms with van der Waals surface area (Å²) in [5.41, 5.74) is 1.01. The molecule has 0 aliphatic rings. The highest BCUT2D eigenvalue weighted by molar-refractivity contribution is 7.13. The van der Waals surface area contributed by atoms with Gasteiger partial charge in [0, 0.05) is 4.88 Å². The van der Waals surface area contributed by atoms with Crippen LogP contribution in [-0.4, -0.2) is 17.4 Å². The van der Waals surface area contributed by atoms with Gasteiger partial charge in [-0.1, -0.05) is 0 Å². The van der Waals surface area contributed by atoms with Crippen LogP contribution in [0, 0.1) is 6.92 Å². The Morgan fingerprint density at radius 1 is 1.30 bits per heavy atom. The summed E-state index contributed by atoms with van der Waals surface area (Å²) in [5, 5.41) is 10.9. The maximum atomic E-state index is 12.2. The molecule has 1 aromatic heterocycles. The van der Waals surface area contributed by atoms with Gasteiger partial charge in [-0.25, -0.2) is 4.79 Å². The molecule has 1 aromatic carbocycles. The number of rotatable bonds is 3. The van der Waals surface area contributed by atoms with Crippen molar-refractivity contribution < 1.29 is 27.8 Å². The minimum Gasteiger partial charge on any atom is -0.478 e. The van der Waals surface area contributed by atoms with Crippen LogP contribution in [0.15, 0.2) is 29.6 Å². The van der Waals surface area contributed by atoms with Crippen LogP contribution in [0.4, 0.5) is 13.2 Å². The van der Waals surface area contributed by atoms with Crippen LogP contribution in [0.2, 0.25) is 0 Å². The summed E-state index contributed by atoms with van der Waals surface area (Å²) in [6.07, 6.45) is -4.93. The highest BCUT2D eigenvalue weighted by atomic mass is 32.1. The van der Waals surface area contributed by atoms with Crippen LogP contribution in [0.1, 0.15) is 15.9 Å². The van der Waals surface area contributed by atoms with Gasteiger partial charge in [0.25, 0.3) is 0 Å². The first-order valence-corrected chi connectivity index (χ1v) is 6.33. The lowest BCUT2D eigenvalue weighted by Crippen LogP contribution is -2.19. The molecule has 2 rings (SSSR count). The minimum absolute atomic E-state index is 0.522. The molecule has 0 amide bonds. The minimum atomic E-state index is -4.93. The maximum absolute atomic E-state index is 12.2. The molecule has 1 N–H and O–H groups in total. The van der Waals surface area contributed by atoms with Crippen molar-refractivity contribution in [1.29, 1.82) is 0 Å². The molecule has 7 heteroatoms. The van der Waals surface area contributed by atoms with E-state index >= 15 is 0 Å². The third-order valence-corrected chi connectivity index (χ3v) is 3.55. The number of halogens is 3. The van der Waals surface area contributed by atoms with Gasteiger partial charge >= 0.3 is 12.3 Å². The summed E-state index contributed by atoms with van der Waals surface area (Å²) >= 11 is 1.39. The molecule has 0 atom stereocenters. The Hall–Kier alpha value is -2.02. The van der Waals surface area contributed by atoms with Gasteiger partial charge in [-0.2, -0.15) is 0 Å².